The Morgan fingerprint density at radius 3 is 3.00 bits per heavy atom. The fourth-order valence-electron chi connectivity index (χ4n) is 1.09. The third-order valence-corrected chi connectivity index (χ3v) is 1.81. The molecular formula is C8H16N4. The lowest BCUT2D eigenvalue weighted by molar-refractivity contribution is 0.628. The predicted octanol–water partition coefficient (Wildman–Crippen LogP) is 0.357. The fraction of sp³-hybridized carbons (Fsp3) is 0.750. The summed E-state index contributed by atoms with van der Waals surface area (Å²) in [5.41, 5.74) is 0. The summed E-state index contributed by atoms with van der Waals surface area (Å²) in [6.07, 6.45) is 3.73. The highest BCUT2D eigenvalue weighted by Gasteiger charge is 1.98. The average molecular weight is 168 g/mol. The van der Waals surface area contributed by atoms with Crippen LogP contribution in [0.2, 0.25) is 0 Å². The van der Waals surface area contributed by atoms with Crippen molar-refractivity contribution in [2.24, 2.45) is 7.05 Å². The Kier molecular flexibility index (Phi) is 3.73. The van der Waals surface area contributed by atoms with Crippen molar-refractivity contribution in [1.82, 2.24) is 20.1 Å². The summed E-state index contributed by atoms with van der Waals surface area (Å²) in [5.74, 6) is 1.06. The summed E-state index contributed by atoms with van der Waals surface area (Å²) in [4.78, 5) is 4.14. The van der Waals surface area contributed by atoms with E-state index in [1.807, 2.05) is 11.7 Å². The first-order valence-electron chi connectivity index (χ1n) is 4.38. The Morgan fingerprint density at radius 2 is 2.42 bits per heavy atom. The van der Waals surface area contributed by atoms with E-state index < -0.39 is 0 Å². The maximum absolute atomic E-state index is 4.14. The van der Waals surface area contributed by atoms with Gasteiger partial charge in [-0.05, 0) is 19.5 Å². The van der Waals surface area contributed by atoms with E-state index in [0.29, 0.717) is 0 Å². The van der Waals surface area contributed by atoms with Crippen LogP contribution in [0.4, 0.5) is 0 Å². The molecule has 0 unspecified atom stereocenters. The number of aromatic nitrogens is 3. The van der Waals surface area contributed by atoms with Crippen LogP contribution in [0.5, 0.6) is 0 Å². The van der Waals surface area contributed by atoms with Gasteiger partial charge in [-0.1, -0.05) is 6.92 Å². The van der Waals surface area contributed by atoms with Gasteiger partial charge in [-0.3, -0.25) is 4.68 Å². The molecule has 0 aliphatic carbocycles. The molecule has 1 rings (SSSR count). The molecule has 0 saturated carbocycles. The maximum Gasteiger partial charge on any atom is 0.138 e. The lowest BCUT2D eigenvalue weighted by atomic mass is 10.3. The van der Waals surface area contributed by atoms with E-state index in [0.717, 1.165) is 31.8 Å². The van der Waals surface area contributed by atoms with Crippen molar-refractivity contribution >= 4 is 0 Å². The van der Waals surface area contributed by atoms with Crippen molar-refractivity contribution in [3.63, 3.8) is 0 Å². The average Bonchev–Trinajstić information content (AvgIpc) is 2.46. The standard InChI is InChI=1S/C8H16N4/c1-3-9-6-4-5-8-10-7-11-12(8)2/h7,9H,3-6H2,1-2H3. The monoisotopic (exact) mass is 168 g/mol. The van der Waals surface area contributed by atoms with Gasteiger partial charge in [-0.25, -0.2) is 4.98 Å². The van der Waals surface area contributed by atoms with Gasteiger partial charge in [-0.15, -0.1) is 0 Å². The number of nitrogens with one attached hydrogen (secondary N) is 1. The Morgan fingerprint density at radius 1 is 1.58 bits per heavy atom. The Balaban J connectivity index is 2.20. The molecule has 0 aromatic carbocycles. The van der Waals surface area contributed by atoms with Crippen LogP contribution < -0.4 is 5.32 Å². The SMILES string of the molecule is CCNCCCc1ncnn1C. The molecule has 1 aromatic rings. The largest absolute Gasteiger partial charge is 0.317 e. The minimum absolute atomic E-state index is 1.00. The van der Waals surface area contributed by atoms with Gasteiger partial charge in [0.15, 0.2) is 0 Å². The van der Waals surface area contributed by atoms with Crippen molar-refractivity contribution in [1.29, 1.82) is 0 Å². The highest BCUT2D eigenvalue weighted by Crippen LogP contribution is 1.94. The lowest BCUT2D eigenvalue weighted by Crippen LogP contribution is -2.15. The second-order valence-electron chi connectivity index (χ2n) is 2.76. The van der Waals surface area contributed by atoms with E-state index in [4.69, 9.17) is 0 Å². The smallest absolute Gasteiger partial charge is 0.138 e. The predicted molar refractivity (Wildman–Crippen MR) is 47.9 cm³/mol. The minimum atomic E-state index is 1.00. The van der Waals surface area contributed by atoms with E-state index >= 15 is 0 Å². The highest BCUT2D eigenvalue weighted by molar-refractivity contribution is 4.83. The van der Waals surface area contributed by atoms with Crippen LogP contribution in [0, 0.1) is 0 Å². The molecule has 0 spiro atoms. The molecule has 1 N–H and O–H groups in total. The summed E-state index contributed by atoms with van der Waals surface area (Å²) in [6, 6.07) is 0. The number of hydrogen-bond donors (Lipinski definition) is 1. The third kappa shape index (κ3) is 2.62. The van der Waals surface area contributed by atoms with Gasteiger partial charge in [0.25, 0.3) is 0 Å². The molecule has 68 valence electrons. The summed E-state index contributed by atoms with van der Waals surface area (Å²) in [6.45, 7) is 4.21. The molecule has 0 aliphatic rings. The quantitative estimate of drug-likeness (QED) is 0.645. The lowest BCUT2D eigenvalue weighted by Gasteiger charge is -2.00. The molecule has 0 bridgehead atoms. The van der Waals surface area contributed by atoms with E-state index in [-0.39, 0.29) is 0 Å². The topological polar surface area (TPSA) is 42.7 Å². The van der Waals surface area contributed by atoms with Crippen LogP contribution in [0.1, 0.15) is 19.2 Å². The summed E-state index contributed by atoms with van der Waals surface area (Å²) in [7, 11) is 1.93. The van der Waals surface area contributed by atoms with Gasteiger partial charge in [0.2, 0.25) is 0 Å². The van der Waals surface area contributed by atoms with Gasteiger partial charge in [0.05, 0.1) is 0 Å². The minimum Gasteiger partial charge on any atom is -0.317 e. The molecule has 4 heteroatoms. The van der Waals surface area contributed by atoms with Gasteiger partial charge in [0, 0.05) is 13.5 Å². The van der Waals surface area contributed by atoms with Gasteiger partial charge in [0.1, 0.15) is 12.2 Å². The van der Waals surface area contributed by atoms with E-state index in [1.165, 1.54) is 0 Å². The van der Waals surface area contributed by atoms with Crippen molar-refractivity contribution < 1.29 is 0 Å². The zero-order chi connectivity index (χ0) is 8.81. The van der Waals surface area contributed by atoms with Crippen molar-refractivity contribution in [3.8, 4) is 0 Å². The molecule has 0 amide bonds. The zero-order valence-corrected chi connectivity index (χ0v) is 7.75. The van der Waals surface area contributed by atoms with Gasteiger partial charge < -0.3 is 5.32 Å². The van der Waals surface area contributed by atoms with Gasteiger partial charge in [-0.2, -0.15) is 5.10 Å². The first-order valence-corrected chi connectivity index (χ1v) is 4.38. The molecule has 0 aliphatic heterocycles. The Labute approximate surface area is 73.0 Å². The maximum atomic E-state index is 4.14. The highest BCUT2D eigenvalue weighted by atomic mass is 15.3. The number of rotatable bonds is 5. The van der Waals surface area contributed by atoms with Crippen molar-refractivity contribution in [2.75, 3.05) is 13.1 Å². The van der Waals surface area contributed by atoms with Crippen LogP contribution in [-0.2, 0) is 13.5 Å². The number of aryl methyl sites for hydroxylation is 2. The van der Waals surface area contributed by atoms with E-state index in [1.54, 1.807) is 6.33 Å². The molecule has 0 radical (unpaired) electrons. The molecule has 0 saturated heterocycles. The van der Waals surface area contributed by atoms with Crippen LogP contribution in [0.15, 0.2) is 6.33 Å². The van der Waals surface area contributed by atoms with E-state index in [2.05, 4.69) is 22.3 Å². The molecule has 0 fully saturated rings. The number of hydrogen-bond acceptors (Lipinski definition) is 3. The molecule has 1 heterocycles. The summed E-state index contributed by atoms with van der Waals surface area (Å²) < 4.78 is 1.83. The molecular weight excluding hydrogens is 152 g/mol. The van der Waals surface area contributed by atoms with Crippen molar-refractivity contribution in [3.05, 3.63) is 12.2 Å². The zero-order valence-electron chi connectivity index (χ0n) is 7.75. The number of nitrogens with zero attached hydrogens (tertiary/aromatic N) is 3. The van der Waals surface area contributed by atoms with Crippen LogP contribution >= 0.6 is 0 Å². The van der Waals surface area contributed by atoms with Gasteiger partial charge >= 0.3 is 0 Å². The van der Waals surface area contributed by atoms with Crippen LogP contribution in [-0.4, -0.2) is 27.9 Å². The van der Waals surface area contributed by atoms with Crippen molar-refractivity contribution in [2.45, 2.75) is 19.8 Å². The Bertz CT molecular complexity index is 219. The summed E-state index contributed by atoms with van der Waals surface area (Å²) >= 11 is 0. The Hall–Kier alpha value is -0.900. The summed E-state index contributed by atoms with van der Waals surface area (Å²) in [5, 5.41) is 7.27. The molecule has 1 aromatic heterocycles. The fourth-order valence-corrected chi connectivity index (χ4v) is 1.09. The third-order valence-electron chi connectivity index (χ3n) is 1.81. The van der Waals surface area contributed by atoms with Crippen LogP contribution in [0.3, 0.4) is 0 Å². The molecule has 12 heavy (non-hydrogen) atoms. The van der Waals surface area contributed by atoms with Crippen LogP contribution in [0.25, 0.3) is 0 Å². The molecule has 0 atom stereocenters. The first kappa shape index (κ1) is 9.19. The second-order valence-corrected chi connectivity index (χ2v) is 2.76. The molecule has 4 nitrogen and oxygen atoms in total. The normalized spacial score (nSPS) is 10.5. The second kappa shape index (κ2) is 4.87. The van der Waals surface area contributed by atoms with E-state index in [9.17, 15) is 0 Å². The first-order chi connectivity index (χ1) is 5.84.